The highest BCUT2D eigenvalue weighted by Crippen LogP contribution is 2.27. The minimum absolute atomic E-state index is 0.0292. The SMILES string of the molecule is CC1CN(C(=O)c2ccc(O)c(O)c2)CC(C)(C)O1. The molecular weight excluding hydrogens is 246 g/mol. The van der Waals surface area contributed by atoms with Gasteiger partial charge in [-0.05, 0) is 39.0 Å². The van der Waals surface area contributed by atoms with Gasteiger partial charge in [0.1, 0.15) is 0 Å². The second-order valence-electron chi connectivity index (χ2n) is 5.58. The molecule has 1 saturated heterocycles. The highest BCUT2D eigenvalue weighted by atomic mass is 16.5. The van der Waals surface area contributed by atoms with Crippen LogP contribution in [0.3, 0.4) is 0 Å². The summed E-state index contributed by atoms with van der Waals surface area (Å²) in [7, 11) is 0. The highest BCUT2D eigenvalue weighted by molar-refractivity contribution is 5.95. The molecule has 1 atom stereocenters. The van der Waals surface area contributed by atoms with Gasteiger partial charge in [-0.25, -0.2) is 0 Å². The van der Waals surface area contributed by atoms with Crippen LogP contribution >= 0.6 is 0 Å². The second-order valence-corrected chi connectivity index (χ2v) is 5.58. The van der Waals surface area contributed by atoms with Crippen LogP contribution in [0.2, 0.25) is 0 Å². The Morgan fingerprint density at radius 1 is 1.37 bits per heavy atom. The fourth-order valence-electron chi connectivity index (χ4n) is 2.45. The molecule has 2 N–H and O–H groups in total. The summed E-state index contributed by atoms with van der Waals surface area (Å²) >= 11 is 0. The van der Waals surface area contributed by atoms with Crippen LogP contribution in [0.1, 0.15) is 31.1 Å². The number of hydrogen-bond acceptors (Lipinski definition) is 4. The number of hydrogen-bond donors (Lipinski definition) is 2. The first-order chi connectivity index (χ1) is 8.78. The number of phenols is 2. The second kappa shape index (κ2) is 4.74. The predicted molar refractivity (Wildman–Crippen MR) is 70.3 cm³/mol. The number of rotatable bonds is 1. The molecule has 0 saturated carbocycles. The lowest BCUT2D eigenvalue weighted by Crippen LogP contribution is -2.53. The molecule has 1 fully saturated rings. The standard InChI is InChI=1S/C14H19NO4/c1-9-7-15(8-14(2,3)19-9)13(18)10-4-5-11(16)12(17)6-10/h4-6,9,16-17H,7-8H2,1-3H3. The van der Waals surface area contributed by atoms with Crippen molar-refractivity contribution in [1.29, 1.82) is 0 Å². The van der Waals surface area contributed by atoms with Gasteiger partial charge in [0.2, 0.25) is 0 Å². The summed E-state index contributed by atoms with van der Waals surface area (Å²) in [5.41, 5.74) is -0.0214. The van der Waals surface area contributed by atoms with E-state index in [1.165, 1.54) is 18.2 Å². The number of carbonyl (C=O) groups is 1. The molecule has 19 heavy (non-hydrogen) atoms. The molecule has 1 aliphatic heterocycles. The molecule has 2 rings (SSSR count). The first-order valence-electron chi connectivity index (χ1n) is 6.27. The van der Waals surface area contributed by atoms with E-state index >= 15 is 0 Å². The average Bonchev–Trinajstić information content (AvgIpc) is 2.29. The maximum Gasteiger partial charge on any atom is 0.254 e. The van der Waals surface area contributed by atoms with E-state index in [1.54, 1.807) is 4.90 Å². The summed E-state index contributed by atoms with van der Waals surface area (Å²) < 4.78 is 5.75. The minimum atomic E-state index is -0.383. The predicted octanol–water partition coefficient (Wildman–Crippen LogP) is 1.74. The Morgan fingerprint density at radius 2 is 2.05 bits per heavy atom. The van der Waals surface area contributed by atoms with E-state index in [9.17, 15) is 15.0 Å². The maximum absolute atomic E-state index is 12.4. The summed E-state index contributed by atoms with van der Waals surface area (Å²) in [6.07, 6.45) is -0.0292. The van der Waals surface area contributed by atoms with Crippen LogP contribution < -0.4 is 0 Å². The summed E-state index contributed by atoms with van der Waals surface area (Å²) in [6, 6.07) is 4.10. The molecule has 0 spiro atoms. The highest BCUT2D eigenvalue weighted by Gasteiger charge is 2.34. The maximum atomic E-state index is 12.4. The van der Waals surface area contributed by atoms with Crippen molar-refractivity contribution in [3.63, 3.8) is 0 Å². The number of nitrogens with zero attached hydrogens (tertiary/aromatic N) is 1. The van der Waals surface area contributed by atoms with Gasteiger partial charge in [-0.3, -0.25) is 4.79 Å². The van der Waals surface area contributed by atoms with Crippen molar-refractivity contribution in [3.8, 4) is 11.5 Å². The fraction of sp³-hybridized carbons (Fsp3) is 0.500. The molecule has 0 aromatic heterocycles. The third-order valence-corrected chi connectivity index (χ3v) is 3.08. The van der Waals surface area contributed by atoms with Crippen LogP contribution in [-0.4, -0.2) is 45.8 Å². The van der Waals surface area contributed by atoms with Crippen LogP contribution in [0.15, 0.2) is 18.2 Å². The minimum Gasteiger partial charge on any atom is -0.504 e. The number of morpholine rings is 1. The van der Waals surface area contributed by atoms with Gasteiger partial charge in [-0.2, -0.15) is 0 Å². The first kappa shape index (κ1) is 13.7. The largest absolute Gasteiger partial charge is 0.504 e. The molecule has 104 valence electrons. The molecule has 5 nitrogen and oxygen atoms in total. The van der Waals surface area contributed by atoms with Crippen LogP contribution in [0.4, 0.5) is 0 Å². The lowest BCUT2D eigenvalue weighted by molar-refractivity contribution is -0.118. The van der Waals surface area contributed by atoms with Crippen molar-refractivity contribution in [3.05, 3.63) is 23.8 Å². The zero-order valence-electron chi connectivity index (χ0n) is 11.4. The van der Waals surface area contributed by atoms with Gasteiger partial charge in [0.25, 0.3) is 5.91 Å². The van der Waals surface area contributed by atoms with Crippen LogP contribution in [0, 0.1) is 0 Å². The molecule has 1 heterocycles. The molecular formula is C14H19NO4. The Morgan fingerprint density at radius 3 is 2.63 bits per heavy atom. The molecule has 0 aliphatic carbocycles. The number of aromatic hydroxyl groups is 2. The van der Waals surface area contributed by atoms with E-state index in [4.69, 9.17) is 4.74 Å². The van der Waals surface area contributed by atoms with Gasteiger partial charge in [0.15, 0.2) is 11.5 Å². The van der Waals surface area contributed by atoms with Gasteiger partial charge >= 0.3 is 0 Å². The first-order valence-corrected chi connectivity index (χ1v) is 6.27. The summed E-state index contributed by atoms with van der Waals surface area (Å²) in [5, 5.41) is 18.7. The molecule has 1 aromatic carbocycles. The molecule has 1 aromatic rings. The number of carbonyl (C=O) groups excluding carboxylic acids is 1. The number of ether oxygens (including phenoxy) is 1. The summed E-state index contributed by atoms with van der Waals surface area (Å²) in [4.78, 5) is 14.1. The number of amides is 1. The topological polar surface area (TPSA) is 70.0 Å². The zero-order valence-corrected chi connectivity index (χ0v) is 11.4. The Balaban J connectivity index is 2.21. The van der Waals surface area contributed by atoms with Crippen molar-refractivity contribution in [1.82, 2.24) is 4.90 Å². The molecule has 0 radical (unpaired) electrons. The molecule has 1 unspecified atom stereocenters. The van der Waals surface area contributed by atoms with Crippen molar-refractivity contribution >= 4 is 5.91 Å². The summed E-state index contributed by atoms with van der Waals surface area (Å²) in [5.74, 6) is -0.683. The molecule has 1 aliphatic rings. The van der Waals surface area contributed by atoms with E-state index < -0.39 is 0 Å². The number of benzene rings is 1. The quantitative estimate of drug-likeness (QED) is 0.759. The zero-order chi connectivity index (χ0) is 14.2. The van der Waals surface area contributed by atoms with E-state index in [-0.39, 0.29) is 29.1 Å². The smallest absolute Gasteiger partial charge is 0.254 e. The average molecular weight is 265 g/mol. The normalized spacial score (nSPS) is 22.3. The Kier molecular flexibility index (Phi) is 3.41. The lowest BCUT2D eigenvalue weighted by atomic mass is 10.0. The van der Waals surface area contributed by atoms with Gasteiger partial charge in [-0.1, -0.05) is 0 Å². The van der Waals surface area contributed by atoms with Crippen molar-refractivity contribution < 1.29 is 19.7 Å². The number of phenolic OH excluding ortho intramolecular Hbond substituents is 2. The third kappa shape index (κ3) is 2.98. The van der Waals surface area contributed by atoms with E-state index in [2.05, 4.69) is 0 Å². The van der Waals surface area contributed by atoms with Crippen LogP contribution in [0.25, 0.3) is 0 Å². The van der Waals surface area contributed by atoms with Gasteiger partial charge in [0, 0.05) is 18.7 Å². The molecule has 5 heteroatoms. The van der Waals surface area contributed by atoms with Crippen LogP contribution in [-0.2, 0) is 4.74 Å². The van der Waals surface area contributed by atoms with E-state index in [0.29, 0.717) is 18.7 Å². The van der Waals surface area contributed by atoms with Crippen molar-refractivity contribution in [2.45, 2.75) is 32.5 Å². The monoisotopic (exact) mass is 265 g/mol. The molecule has 0 bridgehead atoms. The van der Waals surface area contributed by atoms with Gasteiger partial charge < -0.3 is 19.8 Å². The van der Waals surface area contributed by atoms with Crippen molar-refractivity contribution in [2.24, 2.45) is 0 Å². The molecule has 1 amide bonds. The third-order valence-electron chi connectivity index (χ3n) is 3.08. The van der Waals surface area contributed by atoms with E-state index in [1.807, 2.05) is 20.8 Å². The van der Waals surface area contributed by atoms with Crippen molar-refractivity contribution in [2.75, 3.05) is 13.1 Å². The summed E-state index contributed by atoms with van der Waals surface area (Å²) in [6.45, 7) is 6.83. The Hall–Kier alpha value is -1.75. The van der Waals surface area contributed by atoms with E-state index in [0.717, 1.165) is 0 Å². The fourth-order valence-corrected chi connectivity index (χ4v) is 2.45. The Bertz CT molecular complexity index is 498. The lowest BCUT2D eigenvalue weighted by Gasteiger charge is -2.41. The van der Waals surface area contributed by atoms with Gasteiger partial charge in [-0.15, -0.1) is 0 Å². The van der Waals surface area contributed by atoms with Crippen LogP contribution in [0.5, 0.6) is 11.5 Å². The van der Waals surface area contributed by atoms with Gasteiger partial charge in [0.05, 0.1) is 11.7 Å². The Labute approximate surface area is 112 Å².